The van der Waals surface area contributed by atoms with Gasteiger partial charge in [0.25, 0.3) is 5.92 Å². The summed E-state index contributed by atoms with van der Waals surface area (Å²) in [6.45, 7) is 3.59. The van der Waals surface area contributed by atoms with Crippen LogP contribution in [0.4, 0.5) is 8.78 Å². The highest BCUT2D eigenvalue weighted by molar-refractivity contribution is 5.49. The number of rotatable bonds is 0. The molecule has 14 heavy (non-hydrogen) atoms. The molecule has 0 fully saturated rings. The summed E-state index contributed by atoms with van der Waals surface area (Å²) >= 11 is 0. The van der Waals surface area contributed by atoms with Crippen LogP contribution in [-0.4, -0.2) is 6.61 Å². The Hall–Kier alpha value is -1.12. The Morgan fingerprint density at radius 2 is 1.86 bits per heavy atom. The maximum absolute atomic E-state index is 13.6. The number of benzene rings is 1. The number of hydrogen-bond donors (Lipinski definition) is 0. The number of halogens is 2. The normalized spacial score (nSPS) is 18.6. The van der Waals surface area contributed by atoms with Gasteiger partial charge in [0, 0.05) is 0 Å². The van der Waals surface area contributed by atoms with Crippen LogP contribution in [-0.2, 0) is 5.92 Å². The maximum Gasteiger partial charge on any atom is 0.280 e. The van der Waals surface area contributed by atoms with E-state index in [0.29, 0.717) is 11.3 Å². The van der Waals surface area contributed by atoms with Gasteiger partial charge in [-0.05, 0) is 25.0 Å². The molecule has 1 aromatic carbocycles. The van der Waals surface area contributed by atoms with E-state index in [1.54, 1.807) is 19.9 Å². The second-order valence-electron chi connectivity index (χ2n) is 3.71. The van der Waals surface area contributed by atoms with Gasteiger partial charge < -0.3 is 4.74 Å². The zero-order valence-corrected chi connectivity index (χ0v) is 8.23. The molecule has 76 valence electrons. The molecule has 1 aromatic rings. The van der Waals surface area contributed by atoms with Gasteiger partial charge in [-0.3, -0.25) is 0 Å². The SMILES string of the molecule is Cc1ccc(C)c2c1OCCC2(F)F. The summed E-state index contributed by atoms with van der Waals surface area (Å²) in [6.07, 6.45) is -0.218. The van der Waals surface area contributed by atoms with Crippen molar-refractivity contribution in [2.24, 2.45) is 0 Å². The molecule has 2 rings (SSSR count). The molecule has 0 bridgehead atoms. The van der Waals surface area contributed by atoms with Gasteiger partial charge in [-0.15, -0.1) is 0 Å². The summed E-state index contributed by atoms with van der Waals surface area (Å²) in [5, 5.41) is 0. The minimum absolute atomic E-state index is 0.0729. The van der Waals surface area contributed by atoms with Crippen LogP contribution in [0.25, 0.3) is 0 Å². The van der Waals surface area contributed by atoms with E-state index < -0.39 is 5.92 Å². The highest BCUT2D eigenvalue weighted by atomic mass is 19.3. The Bertz CT molecular complexity index is 372. The van der Waals surface area contributed by atoms with Crippen LogP contribution in [0, 0.1) is 13.8 Å². The monoisotopic (exact) mass is 198 g/mol. The van der Waals surface area contributed by atoms with Crippen molar-refractivity contribution in [2.75, 3.05) is 6.61 Å². The standard InChI is InChI=1S/C11H12F2O/c1-7-3-4-8(2)10-9(7)11(12,13)5-6-14-10/h3-4H,5-6H2,1-2H3. The molecule has 0 atom stereocenters. The summed E-state index contributed by atoms with van der Waals surface area (Å²) < 4.78 is 32.4. The quantitative estimate of drug-likeness (QED) is 0.622. The summed E-state index contributed by atoms with van der Waals surface area (Å²) in [6, 6.07) is 3.53. The topological polar surface area (TPSA) is 9.23 Å². The molecule has 0 saturated heterocycles. The van der Waals surface area contributed by atoms with Crippen LogP contribution >= 0.6 is 0 Å². The lowest BCUT2D eigenvalue weighted by Gasteiger charge is -2.28. The van der Waals surface area contributed by atoms with Crippen molar-refractivity contribution in [3.05, 3.63) is 28.8 Å². The van der Waals surface area contributed by atoms with Crippen LogP contribution in [0.1, 0.15) is 23.1 Å². The van der Waals surface area contributed by atoms with Gasteiger partial charge in [-0.25, -0.2) is 8.78 Å². The predicted octanol–water partition coefficient (Wildman–Crippen LogP) is 3.18. The first-order valence-corrected chi connectivity index (χ1v) is 4.64. The molecule has 0 aromatic heterocycles. The van der Waals surface area contributed by atoms with Gasteiger partial charge in [0.2, 0.25) is 0 Å². The smallest absolute Gasteiger partial charge is 0.280 e. The van der Waals surface area contributed by atoms with Crippen molar-refractivity contribution in [1.29, 1.82) is 0 Å². The summed E-state index contributed by atoms with van der Waals surface area (Å²) in [5.41, 5.74) is 1.46. The van der Waals surface area contributed by atoms with E-state index in [2.05, 4.69) is 0 Å². The number of hydrogen-bond acceptors (Lipinski definition) is 1. The van der Waals surface area contributed by atoms with Gasteiger partial charge in [0.15, 0.2) is 0 Å². The predicted molar refractivity (Wildman–Crippen MR) is 49.9 cm³/mol. The Morgan fingerprint density at radius 3 is 2.50 bits per heavy atom. The molecular weight excluding hydrogens is 186 g/mol. The Kier molecular flexibility index (Phi) is 1.98. The molecule has 1 aliphatic rings. The lowest BCUT2D eigenvalue weighted by atomic mass is 9.95. The van der Waals surface area contributed by atoms with Gasteiger partial charge >= 0.3 is 0 Å². The van der Waals surface area contributed by atoms with Crippen molar-refractivity contribution < 1.29 is 13.5 Å². The number of alkyl halides is 2. The van der Waals surface area contributed by atoms with E-state index in [1.807, 2.05) is 6.07 Å². The summed E-state index contributed by atoms with van der Waals surface area (Å²) in [7, 11) is 0. The molecule has 0 saturated carbocycles. The molecule has 1 nitrogen and oxygen atoms in total. The van der Waals surface area contributed by atoms with E-state index in [4.69, 9.17) is 4.74 Å². The van der Waals surface area contributed by atoms with Crippen molar-refractivity contribution in [3.8, 4) is 5.75 Å². The zero-order chi connectivity index (χ0) is 10.3. The lowest BCUT2D eigenvalue weighted by Crippen LogP contribution is -2.25. The molecule has 1 aliphatic heterocycles. The number of aryl methyl sites for hydroxylation is 2. The third kappa shape index (κ3) is 1.27. The Balaban J connectivity index is 2.67. The molecule has 0 amide bonds. The first-order chi connectivity index (χ1) is 6.52. The molecule has 1 heterocycles. The van der Waals surface area contributed by atoms with E-state index in [-0.39, 0.29) is 18.6 Å². The largest absolute Gasteiger partial charge is 0.493 e. The first-order valence-electron chi connectivity index (χ1n) is 4.64. The number of fused-ring (bicyclic) bond motifs is 1. The lowest BCUT2D eigenvalue weighted by molar-refractivity contribution is -0.0413. The van der Waals surface area contributed by atoms with Crippen molar-refractivity contribution in [3.63, 3.8) is 0 Å². The van der Waals surface area contributed by atoms with E-state index in [1.165, 1.54) is 0 Å². The van der Waals surface area contributed by atoms with Gasteiger partial charge in [-0.2, -0.15) is 0 Å². The minimum Gasteiger partial charge on any atom is -0.493 e. The average molecular weight is 198 g/mol. The van der Waals surface area contributed by atoms with Crippen molar-refractivity contribution >= 4 is 0 Å². The molecule has 0 aliphatic carbocycles. The highest BCUT2D eigenvalue weighted by Crippen LogP contribution is 2.44. The Morgan fingerprint density at radius 1 is 1.21 bits per heavy atom. The molecule has 3 heteroatoms. The third-order valence-corrected chi connectivity index (χ3v) is 2.59. The zero-order valence-electron chi connectivity index (χ0n) is 8.23. The molecule has 0 N–H and O–H groups in total. The van der Waals surface area contributed by atoms with Crippen LogP contribution in [0.5, 0.6) is 5.75 Å². The van der Waals surface area contributed by atoms with E-state index in [9.17, 15) is 8.78 Å². The van der Waals surface area contributed by atoms with Crippen molar-refractivity contribution in [2.45, 2.75) is 26.2 Å². The fourth-order valence-corrected chi connectivity index (χ4v) is 1.83. The number of ether oxygens (including phenoxy) is 1. The second kappa shape index (κ2) is 2.94. The molecule has 0 spiro atoms. The van der Waals surface area contributed by atoms with E-state index in [0.717, 1.165) is 5.56 Å². The van der Waals surface area contributed by atoms with Crippen LogP contribution in [0.3, 0.4) is 0 Å². The van der Waals surface area contributed by atoms with Gasteiger partial charge in [0.05, 0.1) is 18.6 Å². The molecular formula is C11H12F2O. The third-order valence-electron chi connectivity index (χ3n) is 2.59. The van der Waals surface area contributed by atoms with Crippen LogP contribution in [0.2, 0.25) is 0 Å². The highest BCUT2D eigenvalue weighted by Gasteiger charge is 2.39. The fourth-order valence-electron chi connectivity index (χ4n) is 1.83. The fraction of sp³-hybridized carbons (Fsp3) is 0.455. The molecule has 0 unspecified atom stereocenters. The van der Waals surface area contributed by atoms with E-state index >= 15 is 0 Å². The summed E-state index contributed by atoms with van der Waals surface area (Å²) in [5.74, 6) is -2.36. The van der Waals surface area contributed by atoms with Crippen LogP contribution < -0.4 is 4.74 Å². The minimum atomic E-state index is -2.73. The Labute approximate surface area is 81.7 Å². The summed E-state index contributed by atoms with van der Waals surface area (Å²) in [4.78, 5) is 0. The van der Waals surface area contributed by atoms with Crippen LogP contribution in [0.15, 0.2) is 12.1 Å². The second-order valence-corrected chi connectivity index (χ2v) is 3.71. The van der Waals surface area contributed by atoms with Crippen molar-refractivity contribution in [1.82, 2.24) is 0 Å². The maximum atomic E-state index is 13.6. The molecule has 0 radical (unpaired) electrons. The average Bonchev–Trinajstić information content (AvgIpc) is 2.10. The van der Waals surface area contributed by atoms with Gasteiger partial charge in [0.1, 0.15) is 5.75 Å². The first kappa shape index (κ1) is 9.44. The van der Waals surface area contributed by atoms with Gasteiger partial charge in [-0.1, -0.05) is 12.1 Å².